The van der Waals surface area contributed by atoms with Crippen molar-refractivity contribution in [2.24, 2.45) is 0 Å². The van der Waals surface area contributed by atoms with E-state index < -0.39 is 16.6 Å². The molecule has 1 heterocycles. The molecule has 1 saturated carbocycles. The summed E-state index contributed by atoms with van der Waals surface area (Å²) in [5, 5.41) is 17.0. The first-order valence-corrected chi connectivity index (χ1v) is 7.61. The Morgan fingerprint density at radius 1 is 1.39 bits per heavy atom. The highest BCUT2D eigenvalue weighted by molar-refractivity contribution is 5.68. The summed E-state index contributed by atoms with van der Waals surface area (Å²) in [7, 11) is 0. The lowest BCUT2D eigenvalue weighted by atomic mass is 10.1. The Bertz CT molecular complexity index is 585. The van der Waals surface area contributed by atoms with Gasteiger partial charge in [-0.25, -0.2) is 4.79 Å². The summed E-state index contributed by atoms with van der Waals surface area (Å²) in [6.45, 7) is 5.41. The number of hydrogen-bond donors (Lipinski definition) is 2. The van der Waals surface area contributed by atoms with Gasteiger partial charge in [0.15, 0.2) is 0 Å². The van der Waals surface area contributed by atoms with Gasteiger partial charge in [-0.15, -0.1) is 0 Å². The van der Waals surface area contributed by atoms with Crippen LogP contribution < -0.4 is 10.6 Å². The number of hydrogen-bond acceptors (Lipinski definition) is 6. The number of carbonyl (C=O) groups is 1. The number of nitrogens with one attached hydrogen (secondary N) is 2. The van der Waals surface area contributed by atoms with Gasteiger partial charge < -0.3 is 15.4 Å². The molecule has 0 aliphatic heterocycles. The van der Waals surface area contributed by atoms with Gasteiger partial charge in [-0.05, 0) is 46.1 Å². The lowest BCUT2D eigenvalue weighted by molar-refractivity contribution is -0.384. The number of aromatic nitrogens is 1. The van der Waals surface area contributed by atoms with Crippen molar-refractivity contribution in [3.63, 3.8) is 0 Å². The van der Waals surface area contributed by atoms with Gasteiger partial charge >= 0.3 is 11.8 Å². The van der Waals surface area contributed by atoms with Gasteiger partial charge in [0.1, 0.15) is 17.5 Å². The third kappa shape index (κ3) is 4.80. The molecule has 1 aliphatic rings. The molecule has 2 rings (SSSR count). The fourth-order valence-corrected chi connectivity index (χ4v) is 2.62. The van der Waals surface area contributed by atoms with Crippen molar-refractivity contribution in [2.75, 3.05) is 5.32 Å². The quantitative estimate of drug-likeness (QED) is 0.652. The standard InChI is InChI=1S/C15H22N4O4/c1-15(2,3)23-14(20)18-11-6-4-5-10(11)17-12-7-8-16-9-13(12)19(21)22/h7-11H,4-6H2,1-3H3,(H,16,17)(H,18,20)/t10-,11-/m0/s1. The van der Waals surface area contributed by atoms with Crippen molar-refractivity contribution in [3.8, 4) is 0 Å². The van der Waals surface area contributed by atoms with Crippen molar-refractivity contribution in [1.82, 2.24) is 10.3 Å². The van der Waals surface area contributed by atoms with Crippen molar-refractivity contribution in [3.05, 3.63) is 28.6 Å². The Morgan fingerprint density at radius 3 is 2.74 bits per heavy atom. The fraction of sp³-hybridized carbons (Fsp3) is 0.600. The molecule has 1 amide bonds. The zero-order chi connectivity index (χ0) is 17.0. The lowest BCUT2D eigenvalue weighted by Crippen LogP contribution is -2.45. The van der Waals surface area contributed by atoms with E-state index in [1.54, 1.807) is 26.8 Å². The van der Waals surface area contributed by atoms with Crippen LogP contribution in [0.2, 0.25) is 0 Å². The number of ether oxygens (including phenoxy) is 1. The van der Waals surface area contributed by atoms with Crippen LogP contribution in [0.4, 0.5) is 16.2 Å². The summed E-state index contributed by atoms with van der Waals surface area (Å²) < 4.78 is 5.26. The fourth-order valence-electron chi connectivity index (χ4n) is 2.62. The van der Waals surface area contributed by atoms with Crippen LogP contribution in [0.25, 0.3) is 0 Å². The maximum absolute atomic E-state index is 11.9. The first-order valence-electron chi connectivity index (χ1n) is 7.61. The Balaban J connectivity index is 2.02. The molecule has 8 heteroatoms. The van der Waals surface area contributed by atoms with Gasteiger partial charge in [0.2, 0.25) is 0 Å². The molecule has 0 spiro atoms. The Labute approximate surface area is 134 Å². The average molecular weight is 322 g/mol. The highest BCUT2D eigenvalue weighted by Crippen LogP contribution is 2.28. The van der Waals surface area contributed by atoms with E-state index in [-0.39, 0.29) is 17.8 Å². The second-order valence-electron chi connectivity index (χ2n) is 6.58. The number of anilines is 1. The van der Waals surface area contributed by atoms with E-state index >= 15 is 0 Å². The summed E-state index contributed by atoms with van der Waals surface area (Å²) in [5.74, 6) is 0. The van der Waals surface area contributed by atoms with E-state index in [1.807, 2.05) is 0 Å². The average Bonchev–Trinajstić information content (AvgIpc) is 2.84. The van der Waals surface area contributed by atoms with E-state index in [1.165, 1.54) is 12.4 Å². The minimum atomic E-state index is -0.560. The Morgan fingerprint density at radius 2 is 2.09 bits per heavy atom. The SMILES string of the molecule is CC(C)(C)OC(=O)N[C@H]1CCC[C@@H]1Nc1ccncc1[N+](=O)[O-]. The molecule has 1 aromatic rings. The molecule has 23 heavy (non-hydrogen) atoms. The number of nitrogens with zero attached hydrogens (tertiary/aromatic N) is 2. The minimum Gasteiger partial charge on any atom is -0.444 e. The summed E-state index contributed by atoms with van der Waals surface area (Å²) in [6.07, 6.45) is 4.79. The molecule has 1 aromatic heterocycles. The number of pyridine rings is 1. The molecule has 0 saturated heterocycles. The molecule has 2 N–H and O–H groups in total. The summed E-state index contributed by atoms with van der Waals surface area (Å²) >= 11 is 0. The predicted octanol–water partition coefficient (Wildman–Crippen LogP) is 2.85. The summed E-state index contributed by atoms with van der Waals surface area (Å²) in [4.78, 5) is 26.3. The summed E-state index contributed by atoms with van der Waals surface area (Å²) in [6, 6.07) is 1.36. The van der Waals surface area contributed by atoms with Crippen LogP contribution in [0.3, 0.4) is 0 Å². The van der Waals surface area contributed by atoms with Gasteiger partial charge in [-0.3, -0.25) is 15.1 Å². The molecule has 8 nitrogen and oxygen atoms in total. The molecule has 2 atom stereocenters. The number of alkyl carbamates (subject to hydrolysis) is 1. The van der Waals surface area contributed by atoms with Crippen molar-refractivity contribution in [2.45, 2.75) is 57.7 Å². The Kier molecular flexibility index (Phi) is 5.02. The molecular weight excluding hydrogens is 300 g/mol. The second kappa shape index (κ2) is 6.80. The third-order valence-electron chi connectivity index (χ3n) is 3.56. The number of nitro groups is 1. The molecule has 1 aliphatic carbocycles. The van der Waals surface area contributed by atoms with Crippen LogP contribution in [-0.4, -0.2) is 33.7 Å². The molecule has 126 valence electrons. The molecule has 1 fully saturated rings. The number of rotatable bonds is 4. The second-order valence-corrected chi connectivity index (χ2v) is 6.58. The Hall–Kier alpha value is -2.38. The van der Waals surface area contributed by atoms with E-state index in [0.29, 0.717) is 5.69 Å². The highest BCUT2D eigenvalue weighted by atomic mass is 16.6. The predicted molar refractivity (Wildman–Crippen MR) is 85.3 cm³/mol. The van der Waals surface area contributed by atoms with Gasteiger partial charge in [0, 0.05) is 12.2 Å². The van der Waals surface area contributed by atoms with Crippen molar-refractivity contribution in [1.29, 1.82) is 0 Å². The normalized spacial score (nSPS) is 20.8. The molecule has 0 bridgehead atoms. The maximum atomic E-state index is 11.9. The van der Waals surface area contributed by atoms with Crippen LogP contribution in [0.15, 0.2) is 18.5 Å². The lowest BCUT2D eigenvalue weighted by Gasteiger charge is -2.25. The molecule has 0 unspecified atom stereocenters. The smallest absolute Gasteiger partial charge is 0.407 e. The molecule has 0 aromatic carbocycles. The topological polar surface area (TPSA) is 106 Å². The third-order valence-corrected chi connectivity index (χ3v) is 3.56. The molecular formula is C15H22N4O4. The van der Waals surface area contributed by atoms with Crippen LogP contribution in [0, 0.1) is 10.1 Å². The van der Waals surface area contributed by atoms with Crippen LogP contribution in [-0.2, 0) is 4.74 Å². The highest BCUT2D eigenvalue weighted by Gasteiger charge is 2.31. The first-order chi connectivity index (χ1) is 10.8. The van der Waals surface area contributed by atoms with Gasteiger partial charge in [-0.2, -0.15) is 0 Å². The molecule has 0 radical (unpaired) electrons. The van der Waals surface area contributed by atoms with E-state index in [4.69, 9.17) is 4.74 Å². The minimum absolute atomic E-state index is 0.0737. The summed E-state index contributed by atoms with van der Waals surface area (Å²) in [5.41, 5.74) is -0.224. The van der Waals surface area contributed by atoms with Gasteiger partial charge in [-0.1, -0.05) is 0 Å². The zero-order valence-electron chi connectivity index (χ0n) is 13.5. The van der Waals surface area contributed by atoms with Crippen molar-refractivity contribution < 1.29 is 14.5 Å². The van der Waals surface area contributed by atoms with Crippen molar-refractivity contribution >= 4 is 17.5 Å². The van der Waals surface area contributed by atoms with Crippen LogP contribution >= 0.6 is 0 Å². The maximum Gasteiger partial charge on any atom is 0.407 e. The van der Waals surface area contributed by atoms with E-state index in [0.717, 1.165) is 19.3 Å². The van der Waals surface area contributed by atoms with Gasteiger partial charge in [0.05, 0.1) is 11.0 Å². The number of amides is 1. The zero-order valence-corrected chi connectivity index (χ0v) is 13.5. The van der Waals surface area contributed by atoms with E-state index in [9.17, 15) is 14.9 Å². The van der Waals surface area contributed by atoms with Crippen LogP contribution in [0.5, 0.6) is 0 Å². The number of carbonyl (C=O) groups excluding carboxylic acids is 1. The van der Waals surface area contributed by atoms with Gasteiger partial charge in [0.25, 0.3) is 0 Å². The largest absolute Gasteiger partial charge is 0.444 e. The van der Waals surface area contributed by atoms with E-state index in [2.05, 4.69) is 15.6 Å². The van der Waals surface area contributed by atoms with Crippen LogP contribution in [0.1, 0.15) is 40.0 Å². The first kappa shape index (κ1) is 17.0. The monoisotopic (exact) mass is 322 g/mol.